The minimum atomic E-state index is -0.854. The molecular weight excluding hydrogens is 240 g/mol. The van der Waals surface area contributed by atoms with Crippen molar-refractivity contribution < 1.29 is 9.90 Å². The van der Waals surface area contributed by atoms with Crippen LogP contribution in [-0.2, 0) is 4.79 Å². The Labute approximate surface area is 118 Å². The normalized spacial score (nSPS) is 16.3. The van der Waals surface area contributed by atoms with E-state index >= 15 is 0 Å². The Morgan fingerprint density at radius 2 is 1.95 bits per heavy atom. The van der Waals surface area contributed by atoms with Crippen LogP contribution in [-0.4, -0.2) is 47.2 Å². The van der Waals surface area contributed by atoms with Crippen molar-refractivity contribution in [3.05, 3.63) is 0 Å². The quantitative estimate of drug-likeness (QED) is 0.607. The van der Waals surface area contributed by atoms with E-state index in [0.29, 0.717) is 12.6 Å². The maximum atomic E-state index is 11.6. The van der Waals surface area contributed by atoms with Crippen molar-refractivity contribution in [2.24, 2.45) is 0 Å². The largest absolute Gasteiger partial charge is 0.480 e. The van der Waals surface area contributed by atoms with E-state index in [4.69, 9.17) is 0 Å². The number of carbonyl (C=O) groups is 1. The molecule has 2 unspecified atom stereocenters. The van der Waals surface area contributed by atoms with Gasteiger partial charge in [-0.15, -0.1) is 0 Å². The van der Waals surface area contributed by atoms with E-state index in [9.17, 15) is 9.90 Å². The summed E-state index contributed by atoms with van der Waals surface area (Å²) in [4.78, 5) is 13.9. The fourth-order valence-corrected chi connectivity index (χ4v) is 2.08. The van der Waals surface area contributed by atoms with Crippen LogP contribution in [0.15, 0.2) is 0 Å². The molecule has 2 N–H and O–H groups in total. The molecule has 4 nitrogen and oxygen atoms in total. The molecule has 0 aromatic heterocycles. The number of aliphatic carboxylic acids is 1. The Bertz CT molecular complexity index is 259. The first-order valence-corrected chi connectivity index (χ1v) is 7.63. The summed E-state index contributed by atoms with van der Waals surface area (Å²) >= 11 is 0. The van der Waals surface area contributed by atoms with Gasteiger partial charge < -0.3 is 10.4 Å². The lowest BCUT2D eigenvalue weighted by Crippen LogP contribution is -2.58. The third-order valence-corrected chi connectivity index (χ3v) is 3.77. The zero-order valence-corrected chi connectivity index (χ0v) is 13.3. The van der Waals surface area contributed by atoms with E-state index < -0.39 is 11.5 Å². The third kappa shape index (κ3) is 6.39. The van der Waals surface area contributed by atoms with E-state index in [1.165, 1.54) is 0 Å². The second-order valence-electron chi connectivity index (χ2n) is 5.65. The number of unbranched alkanes of at least 4 members (excludes halogenated alkanes) is 1. The minimum Gasteiger partial charge on any atom is -0.480 e. The fraction of sp³-hybridized carbons (Fsp3) is 0.933. The number of carboxylic acids is 1. The molecule has 0 saturated heterocycles. The van der Waals surface area contributed by atoms with E-state index in [-0.39, 0.29) is 0 Å². The lowest BCUT2D eigenvalue weighted by atomic mass is 9.99. The molecule has 114 valence electrons. The highest BCUT2D eigenvalue weighted by atomic mass is 16.4. The lowest BCUT2D eigenvalue weighted by molar-refractivity contribution is -0.145. The Balaban J connectivity index is 4.76. The Morgan fingerprint density at radius 3 is 2.37 bits per heavy atom. The molecule has 0 fully saturated rings. The average Bonchev–Trinajstić information content (AvgIpc) is 2.40. The fourth-order valence-electron chi connectivity index (χ4n) is 2.08. The average molecular weight is 272 g/mol. The number of carboxylic acid groups (broad SMARTS) is 1. The summed E-state index contributed by atoms with van der Waals surface area (Å²) in [5.74, 6) is -0.759. The van der Waals surface area contributed by atoms with Crippen LogP contribution in [0.4, 0.5) is 0 Å². The van der Waals surface area contributed by atoms with Gasteiger partial charge in [0.25, 0.3) is 0 Å². The van der Waals surface area contributed by atoms with Crippen LogP contribution in [0.5, 0.6) is 0 Å². The van der Waals surface area contributed by atoms with Crippen molar-refractivity contribution >= 4 is 5.97 Å². The molecule has 0 aromatic carbocycles. The van der Waals surface area contributed by atoms with Gasteiger partial charge in [0.05, 0.1) is 0 Å². The maximum Gasteiger partial charge on any atom is 0.324 e. The van der Waals surface area contributed by atoms with E-state index in [0.717, 1.165) is 38.8 Å². The molecule has 0 aliphatic carbocycles. The monoisotopic (exact) mass is 272 g/mol. The summed E-state index contributed by atoms with van der Waals surface area (Å²) in [6, 6.07) is 0.425. The number of hydrogen-bond donors (Lipinski definition) is 2. The Morgan fingerprint density at radius 1 is 1.32 bits per heavy atom. The molecule has 0 rings (SSSR count). The van der Waals surface area contributed by atoms with Crippen LogP contribution < -0.4 is 5.32 Å². The van der Waals surface area contributed by atoms with Crippen molar-refractivity contribution in [3.63, 3.8) is 0 Å². The second kappa shape index (κ2) is 9.32. The first-order valence-electron chi connectivity index (χ1n) is 7.63. The van der Waals surface area contributed by atoms with Crippen LogP contribution in [0, 0.1) is 0 Å². The highest BCUT2D eigenvalue weighted by Crippen LogP contribution is 2.13. The van der Waals surface area contributed by atoms with Gasteiger partial charge in [-0.3, -0.25) is 9.69 Å². The van der Waals surface area contributed by atoms with Crippen molar-refractivity contribution in [1.29, 1.82) is 0 Å². The van der Waals surface area contributed by atoms with E-state index in [2.05, 4.69) is 37.9 Å². The van der Waals surface area contributed by atoms with Gasteiger partial charge in [0.15, 0.2) is 0 Å². The topological polar surface area (TPSA) is 52.6 Å². The molecule has 0 bridgehead atoms. The molecule has 0 spiro atoms. The van der Waals surface area contributed by atoms with Gasteiger partial charge in [-0.1, -0.05) is 27.2 Å². The molecule has 4 heteroatoms. The molecule has 0 radical (unpaired) electrons. The predicted octanol–water partition coefficient (Wildman–Crippen LogP) is 2.73. The first kappa shape index (κ1) is 18.4. The Hall–Kier alpha value is -0.610. The van der Waals surface area contributed by atoms with Crippen molar-refractivity contribution in [1.82, 2.24) is 10.2 Å². The van der Waals surface area contributed by atoms with Crippen molar-refractivity contribution in [2.75, 3.05) is 19.6 Å². The summed E-state index contributed by atoms with van der Waals surface area (Å²) in [6.45, 7) is 12.6. The van der Waals surface area contributed by atoms with E-state index in [1.54, 1.807) is 6.92 Å². The van der Waals surface area contributed by atoms with Crippen molar-refractivity contribution in [2.45, 2.75) is 71.9 Å². The van der Waals surface area contributed by atoms with Crippen LogP contribution in [0.25, 0.3) is 0 Å². The van der Waals surface area contributed by atoms with Gasteiger partial charge >= 0.3 is 5.97 Å². The zero-order chi connectivity index (χ0) is 14.9. The standard InChI is InChI=1S/C15H32N2O2/c1-6-9-11-17(13(4)8-3)12-15(5,14(18)19)16-10-7-2/h13,16H,6-12H2,1-5H3,(H,18,19). The van der Waals surface area contributed by atoms with Gasteiger partial charge in [-0.2, -0.15) is 0 Å². The number of nitrogens with zero attached hydrogens (tertiary/aromatic N) is 1. The molecule has 0 aromatic rings. The Kier molecular flexibility index (Phi) is 9.02. The molecule has 0 aliphatic rings. The minimum absolute atomic E-state index is 0.425. The third-order valence-electron chi connectivity index (χ3n) is 3.77. The van der Waals surface area contributed by atoms with Gasteiger partial charge in [-0.05, 0) is 46.2 Å². The highest BCUT2D eigenvalue weighted by molar-refractivity contribution is 5.78. The summed E-state index contributed by atoms with van der Waals surface area (Å²) in [7, 11) is 0. The van der Waals surface area contributed by atoms with E-state index in [1.807, 2.05) is 0 Å². The van der Waals surface area contributed by atoms with Crippen LogP contribution in [0.3, 0.4) is 0 Å². The predicted molar refractivity (Wildman–Crippen MR) is 80.6 cm³/mol. The van der Waals surface area contributed by atoms with Crippen LogP contribution in [0.2, 0.25) is 0 Å². The van der Waals surface area contributed by atoms with Gasteiger partial charge in [-0.25, -0.2) is 0 Å². The van der Waals surface area contributed by atoms with Gasteiger partial charge in [0.1, 0.15) is 5.54 Å². The molecule has 2 atom stereocenters. The number of rotatable bonds is 11. The summed E-state index contributed by atoms with van der Waals surface area (Å²) in [5, 5.41) is 12.7. The molecular formula is C15H32N2O2. The smallest absolute Gasteiger partial charge is 0.324 e. The zero-order valence-electron chi connectivity index (χ0n) is 13.3. The summed E-state index contributed by atoms with van der Waals surface area (Å²) in [5.41, 5.74) is -0.854. The molecule has 0 heterocycles. The van der Waals surface area contributed by atoms with Crippen molar-refractivity contribution in [3.8, 4) is 0 Å². The summed E-state index contributed by atoms with van der Waals surface area (Å²) < 4.78 is 0. The highest BCUT2D eigenvalue weighted by Gasteiger charge is 2.35. The maximum absolute atomic E-state index is 11.6. The number of hydrogen-bond acceptors (Lipinski definition) is 3. The molecule has 0 aliphatic heterocycles. The number of nitrogens with one attached hydrogen (secondary N) is 1. The van der Waals surface area contributed by atoms with Crippen LogP contribution >= 0.6 is 0 Å². The summed E-state index contributed by atoms with van der Waals surface area (Å²) in [6.07, 6.45) is 4.25. The molecule has 0 amide bonds. The van der Waals surface area contributed by atoms with Gasteiger partial charge in [0.2, 0.25) is 0 Å². The second-order valence-corrected chi connectivity index (χ2v) is 5.65. The molecule has 19 heavy (non-hydrogen) atoms. The van der Waals surface area contributed by atoms with Crippen LogP contribution in [0.1, 0.15) is 60.3 Å². The lowest BCUT2D eigenvalue weighted by Gasteiger charge is -2.36. The molecule has 0 saturated carbocycles. The van der Waals surface area contributed by atoms with Gasteiger partial charge in [0, 0.05) is 12.6 Å². The first-order chi connectivity index (χ1) is 8.91. The SMILES string of the molecule is CCCCN(CC(C)(NCCC)C(=O)O)C(C)CC.